The first kappa shape index (κ1) is 25.9. The summed E-state index contributed by atoms with van der Waals surface area (Å²) in [6.07, 6.45) is 23.6. The fraction of sp³-hybridized carbons (Fsp3) is 0.346. The van der Waals surface area contributed by atoms with Crippen LogP contribution in [-0.2, 0) is 4.74 Å². The van der Waals surface area contributed by atoms with Crippen molar-refractivity contribution < 1.29 is 13.5 Å². The van der Waals surface area contributed by atoms with E-state index in [2.05, 4.69) is 27.1 Å². The summed E-state index contributed by atoms with van der Waals surface area (Å²) in [5.74, 6) is -0.0602. The third-order valence-electron chi connectivity index (χ3n) is 4.87. The van der Waals surface area contributed by atoms with Gasteiger partial charge in [0.15, 0.2) is 0 Å². The zero-order valence-electron chi connectivity index (χ0n) is 19.5. The molecule has 0 saturated carbocycles. The lowest BCUT2D eigenvalue weighted by atomic mass is 9.96. The smallest absolute Gasteiger partial charge is 0.216 e. The van der Waals surface area contributed by atoms with Crippen molar-refractivity contribution in [1.29, 1.82) is 0 Å². The van der Waals surface area contributed by atoms with Crippen molar-refractivity contribution in [3.8, 4) is 0 Å². The Balaban J connectivity index is 1.98. The standard InChI is InChI=1S/C26H32F2N4O/c1-21-15-22(18-27)7-4-8-24(21)16-23(19-30-20-29-2)10-13-32(3)12-6-14-33-25-9-5-11-31-26(28)17-25/h4,6,8-13,15,17,19-20,23H,5,7,14,16,18H2,1-3H3/b12-6+,13-10+,29-20?,30-19?. The molecule has 0 amide bonds. The highest BCUT2D eigenvalue weighted by Gasteiger charge is 2.09. The van der Waals surface area contributed by atoms with Gasteiger partial charge in [0.2, 0.25) is 5.95 Å². The van der Waals surface area contributed by atoms with Crippen LogP contribution >= 0.6 is 0 Å². The van der Waals surface area contributed by atoms with E-state index in [1.165, 1.54) is 18.6 Å². The molecule has 2 rings (SSSR count). The molecule has 0 aromatic rings. The second-order valence-corrected chi connectivity index (χ2v) is 7.61. The molecule has 0 bridgehead atoms. The van der Waals surface area contributed by atoms with Crippen molar-refractivity contribution in [2.45, 2.75) is 26.2 Å². The maximum absolute atomic E-state index is 13.3. The van der Waals surface area contributed by atoms with Gasteiger partial charge < -0.3 is 9.64 Å². The van der Waals surface area contributed by atoms with Gasteiger partial charge in [0.05, 0.1) is 0 Å². The minimum Gasteiger partial charge on any atom is -0.490 e. The molecule has 5 nitrogen and oxygen atoms in total. The van der Waals surface area contributed by atoms with Crippen molar-refractivity contribution in [2.24, 2.45) is 20.9 Å². The average Bonchev–Trinajstić information content (AvgIpc) is 3.12. The number of allylic oxidation sites excluding steroid dienone is 9. The Bertz CT molecular complexity index is 949. The molecule has 0 saturated heterocycles. The van der Waals surface area contributed by atoms with E-state index < -0.39 is 12.6 Å². The molecule has 1 heterocycles. The Hall–Kier alpha value is -3.35. The van der Waals surface area contributed by atoms with Gasteiger partial charge in [0.1, 0.15) is 25.4 Å². The summed E-state index contributed by atoms with van der Waals surface area (Å²) in [4.78, 5) is 13.7. The van der Waals surface area contributed by atoms with Crippen LogP contribution in [0.4, 0.5) is 8.78 Å². The Morgan fingerprint density at radius 3 is 2.94 bits per heavy atom. The van der Waals surface area contributed by atoms with E-state index in [4.69, 9.17) is 4.74 Å². The van der Waals surface area contributed by atoms with Crippen molar-refractivity contribution in [3.63, 3.8) is 0 Å². The van der Waals surface area contributed by atoms with Crippen molar-refractivity contribution in [2.75, 3.05) is 27.4 Å². The highest BCUT2D eigenvalue weighted by Crippen LogP contribution is 2.23. The van der Waals surface area contributed by atoms with Gasteiger partial charge in [0, 0.05) is 51.1 Å². The summed E-state index contributed by atoms with van der Waals surface area (Å²) in [5.41, 5.74) is 3.01. The lowest BCUT2D eigenvalue weighted by Crippen LogP contribution is -2.06. The van der Waals surface area contributed by atoms with E-state index >= 15 is 0 Å². The molecule has 176 valence electrons. The number of nitrogens with zero attached hydrogens (tertiary/aromatic N) is 4. The number of rotatable bonds is 11. The van der Waals surface area contributed by atoms with E-state index in [1.54, 1.807) is 13.1 Å². The quantitative estimate of drug-likeness (QED) is 0.217. The SMILES string of the molecule is CN=CN=CC(/C=C/N(C)/C=C/COC1=CCC=NC(F)=C1)CC1=C(C)C=C(CF)CC=C1. The van der Waals surface area contributed by atoms with E-state index in [9.17, 15) is 8.78 Å². The zero-order valence-corrected chi connectivity index (χ0v) is 19.5. The van der Waals surface area contributed by atoms with Crippen LogP contribution in [-0.4, -0.2) is 51.0 Å². The van der Waals surface area contributed by atoms with Gasteiger partial charge in [-0.15, -0.1) is 0 Å². The first-order valence-electron chi connectivity index (χ1n) is 10.9. The highest BCUT2D eigenvalue weighted by molar-refractivity contribution is 5.75. The Labute approximate surface area is 195 Å². The second kappa shape index (κ2) is 14.7. The Kier molecular flexibility index (Phi) is 11.5. The predicted molar refractivity (Wildman–Crippen MR) is 134 cm³/mol. The average molecular weight is 455 g/mol. The number of ether oxygens (including phenoxy) is 1. The minimum atomic E-state index is -0.561. The number of halogens is 2. The maximum atomic E-state index is 13.3. The van der Waals surface area contributed by atoms with E-state index in [0.717, 1.165) is 23.1 Å². The molecule has 2 aliphatic rings. The third kappa shape index (κ3) is 10.2. The number of hydrogen-bond donors (Lipinski definition) is 0. The maximum Gasteiger partial charge on any atom is 0.216 e. The molecule has 1 unspecified atom stereocenters. The van der Waals surface area contributed by atoms with Crippen molar-refractivity contribution in [1.82, 2.24) is 4.90 Å². The summed E-state index contributed by atoms with van der Waals surface area (Å²) in [5, 5.41) is 0. The van der Waals surface area contributed by atoms with Gasteiger partial charge in [0.25, 0.3) is 0 Å². The molecule has 1 aliphatic heterocycles. The van der Waals surface area contributed by atoms with Gasteiger partial charge >= 0.3 is 0 Å². The Morgan fingerprint density at radius 2 is 2.15 bits per heavy atom. The summed E-state index contributed by atoms with van der Waals surface area (Å²) in [6.45, 7) is 1.90. The van der Waals surface area contributed by atoms with Gasteiger partial charge in [-0.2, -0.15) is 4.39 Å². The van der Waals surface area contributed by atoms with Gasteiger partial charge in [-0.25, -0.2) is 14.4 Å². The zero-order chi connectivity index (χ0) is 23.9. The van der Waals surface area contributed by atoms with E-state index in [0.29, 0.717) is 25.2 Å². The first-order chi connectivity index (χ1) is 16.0. The third-order valence-corrected chi connectivity index (χ3v) is 4.87. The van der Waals surface area contributed by atoms with Crippen LogP contribution < -0.4 is 0 Å². The molecular weight excluding hydrogens is 422 g/mol. The summed E-state index contributed by atoms with van der Waals surface area (Å²) < 4.78 is 32.0. The summed E-state index contributed by atoms with van der Waals surface area (Å²) in [7, 11) is 3.59. The normalized spacial score (nSPS) is 18.2. The van der Waals surface area contributed by atoms with Crippen LogP contribution in [0.15, 0.2) is 98.3 Å². The molecule has 0 aromatic heterocycles. The molecular formula is C26H32F2N4O. The molecule has 7 heteroatoms. The fourth-order valence-electron chi connectivity index (χ4n) is 3.18. The lowest BCUT2D eigenvalue weighted by Gasteiger charge is -2.13. The number of aliphatic imine (C=N–C) groups is 3. The second-order valence-electron chi connectivity index (χ2n) is 7.61. The molecule has 1 aliphatic carbocycles. The monoisotopic (exact) mass is 454 g/mol. The number of alkyl halides is 1. The largest absolute Gasteiger partial charge is 0.490 e. The highest BCUT2D eigenvalue weighted by atomic mass is 19.1. The van der Waals surface area contributed by atoms with E-state index in [-0.39, 0.29) is 5.92 Å². The predicted octanol–water partition coefficient (Wildman–Crippen LogP) is 6.04. The molecule has 0 spiro atoms. The van der Waals surface area contributed by atoms with Crippen molar-refractivity contribution >= 4 is 18.8 Å². The minimum absolute atomic E-state index is 0.0364. The van der Waals surface area contributed by atoms with Crippen molar-refractivity contribution in [3.05, 3.63) is 83.4 Å². The van der Waals surface area contributed by atoms with Crippen LogP contribution in [0.2, 0.25) is 0 Å². The van der Waals surface area contributed by atoms with Gasteiger partial charge in [-0.3, -0.25) is 4.99 Å². The molecule has 0 radical (unpaired) electrons. The summed E-state index contributed by atoms with van der Waals surface area (Å²) >= 11 is 0. The topological polar surface area (TPSA) is 49.5 Å². The molecule has 0 N–H and O–H groups in total. The first-order valence-corrected chi connectivity index (χ1v) is 10.9. The van der Waals surface area contributed by atoms with Crippen LogP contribution in [0, 0.1) is 5.92 Å². The summed E-state index contributed by atoms with van der Waals surface area (Å²) in [6, 6.07) is 0. The van der Waals surface area contributed by atoms with Crippen LogP contribution in [0.1, 0.15) is 26.2 Å². The number of hydrogen-bond acceptors (Lipinski definition) is 4. The fourth-order valence-corrected chi connectivity index (χ4v) is 3.18. The molecule has 0 fully saturated rings. The van der Waals surface area contributed by atoms with Gasteiger partial charge in [-0.1, -0.05) is 24.3 Å². The van der Waals surface area contributed by atoms with Gasteiger partial charge in [-0.05, 0) is 54.8 Å². The van der Waals surface area contributed by atoms with Crippen LogP contribution in [0.25, 0.3) is 0 Å². The van der Waals surface area contributed by atoms with E-state index in [1.807, 2.05) is 55.7 Å². The molecule has 33 heavy (non-hydrogen) atoms. The lowest BCUT2D eigenvalue weighted by molar-refractivity contribution is 0.258. The Morgan fingerprint density at radius 1 is 1.30 bits per heavy atom. The molecule has 0 aromatic carbocycles. The molecule has 1 atom stereocenters. The van der Waals surface area contributed by atoms with Crippen LogP contribution in [0.5, 0.6) is 0 Å². The van der Waals surface area contributed by atoms with Crippen LogP contribution in [0.3, 0.4) is 0 Å².